The molecule has 3 rings (SSSR count). The van der Waals surface area contributed by atoms with E-state index in [-0.39, 0.29) is 11.7 Å². The van der Waals surface area contributed by atoms with Gasteiger partial charge in [-0.15, -0.1) is 0 Å². The Kier molecular flexibility index (Phi) is 2.48. The molecule has 0 saturated carbocycles. The maximum atomic E-state index is 11.9. The van der Waals surface area contributed by atoms with Gasteiger partial charge in [0.15, 0.2) is 5.78 Å². The minimum Gasteiger partial charge on any atom is -0.294 e. The molecule has 1 N–H and O–H groups in total. The fraction of sp³-hybridized carbons (Fsp3) is 0.231. The molecule has 1 aliphatic rings. The first kappa shape index (κ1) is 10.5. The summed E-state index contributed by atoms with van der Waals surface area (Å²) in [6.45, 7) is 0. The van der Waals surface area contributed by atoms with Gasteiger partial charge < -0.3 is 0 Å². The maximum Gasteiger partial charge on any atom is 0.166 e. The van der Waals surface area contributed by atoms with E-state index in [9.17, 15) is 4.79 Å². The van der Waals surface area contributed by atoms with Crippen LogP contribution < -0.4 is 0 Å². The highest BCUT2D eigenvalue weighted by Crippen LogP contribution is 2.31. The number of hydrogen-bond acceptors (Lipinski definition) is 2. The van der Waals surface area contributed by atoms with Crippen LogP contribution in [0.15, 0.2) is 30.5 Å². The van der Waals surface area contributed by atoms with Crippen LogP contribution in [0.1, 0.15) is 34.0 Å². The number of halogens is 1. The van der Waals surface area contributed by atoms with Crippen LogP contribution in [0.3, 0.4) is 0 Å². The summed E-state index contributed by atoms with van der Waals surface area (Å²) < 4.78 is 0. The van der Waals surface area contributed by atoms with Crippen molar-refractivity contribution in [1.82, 2.24) is 10.2 Å². The molecule has 4 heteroatoms. The number of fused-ring (bicyclic) bond motifs is 1. The third kappa shape index (κ3) is 1.87. The third-order valence-corrected chi connectivity index (χ3v) is 3.49. The molecule has 1 atom stereocenters. The summed E-state index contributed by atoms with van der Waals surface area (Å²) >= 11 is 5.86. The minimum atomic E-state index is 0.167. The van der Waals surface area contributed by atoms with Crippen LogP contribution in [0.2, 0.25) is 5.02 Å². The number of benzene rings is 1. The van der Waals surface area contributed by atoms with Crippen molar-refractivity contribution in [3.63, 3.8) is 0 Å². The number of nitrogens with one attached hydrogen (secondary N) is 1. The summed E-state index contributed by atoms with van der Waals surface area (Å²) in [6.07, 6.45) is 3.01. The number of aromatic amines is 1. The quantitative estimate of drug-likeness (QED) is 0.841. The van der Waals surface area contributed by atoms with Gasteiger partial charge in [-0.3, -0.25) is 9.89 Å². The number of nitrogens with zero attached hydrogens (tertiary/aromatic N) is 1. The van der Waals surface area contributed by atoms with Gasteiger partial charge in [0.05, 0.1) is 11.8 Å². The molecule has 2 aromatic rings. The summed E-state index contributed by atoms with van der Waals surface area (Å²) in [5.41, 5.74) is 2.85. The molecule has 3 nitrogen and oxygen atoms in total. The van der Waals surface area contributed by atoms with Crippen molar-refractivity contribution in [3.8, 4) is 0 Å². The molecular formula is C13H11ClN2O. The van der Waals surface area contributed by atoms with Crippen molar-refractivity contribution in [3.05, 3.63) is 52.3 Å². The maximum absolute atomic E-state index is 11.9. The zero-order valence-electron chi connectivity index (χ0n) is 9.11. The summed E-state index contributed by atoms with van der Waals surface area (Å²) in [4.78, 5) is 11.9. The molecule has 1 heterocycles. The lowest BCUT2D eigenvalue weighted by Crippen LogP contribution is -2.17. The molecule has 0 saturated heterocycles. The predicted octanol–water partition coefficient (Wildman–Crippen LogP) is 2.98. The highest BCUT2D eigenvalue weighted by Gasteiger charge is 2.27. The van der Waals surface area contributed by atoms with Crippen LogP contribution in [0, 0.1) is 0 Å². The van der Waals surface area contributed by atoms with Gasteiger partial charge >= 0.3 is 0 Å². The topological polar surface area (TPSA) is 45.8 Å². The smallest absolute Gasteiger partial charge is 0.166 e. The van der Waals surface area contributed by atoms with Crippen LogP contribution in [-0.4, -0.2) is 16.0 Å². The largest absolute Gasteiger partial charge is 0.294 e. The molecule has 0 spiro atoms. The number of carbonyl (C=O) groups is 1. The summed E-state index contributed by atoms with van der Waals surface area (Å²) in [5, 5.41) is 7.55. The molecule has 1 aromatic carbocycles. The normalized spacial score (nSPS) is 19.1. The van der Waals surface area contributed by atoms with Gasteiger partial charge in [-0.2, -0.15) is 5.10 Å². The van der Waals surface area contributed by atoms with E-state index in [1.165, 1.54) is 0 Å². The zero-order chi connectivity index (χ0) is 11.8. The second-order valence-corrected chi connectivity index (χ2v) is 4.78. The molecule has 0 amide bonds. The number of hydrogen-bond donors (Lipinski definition) is 1. The first-order valence-corrected chi connectivity index (χ1v) is 5.93. The van der Waals surface area contributed by atoms with Gasteiger partial charge in [0.1, 0.15) is 0 Å². The van der Waals surface area contributed by atoms with Crippen molar-refractivity contribution in [2.24, 2.45) is 0 Å². The van der Waals surface area contributed by atoms with Gasteiger partial charge in [0.25, 0.3) is 0 Å². The van der Waals surface area contributed by atoms with E-state index in [4.69, 9.17) is 11.6 Å². The van der Waals surface area contributed by atoms with Gasteiger partial charge in [0.2, 0.25) is 0 Å². The molecule has 0 unspecified atom stereocenters. The molecule has 1 aromatic heterocycles. The Hall–Kier alpha value is -1.61. The van der Waals surface area contributed by atoms with Crippen LogP contribution >= 0.6 is 11.6 Å². The Morgan fingerprint density at radius 1 is 1.24 bits per heavy atom. The third-order valence-electron chi connectivity index (χ3n) is 3.24. The van der Waals surface area contributed by atoms with Crippen molar-refractivity contribution in [1.29, 1.82) is 0 Å². The van der Waals surface area contributed by atoms with E-state index >= 15 is 0 Å². The molecule has 17 heavy (non-hydrogen) atoms. The van der Waals surface area contributed by atoms with Crippen LogP contribution in [-0.2, 0) is 6.42 Å². The Morgan fingerprint density at radius 2 is 2.00 bits per heavy atom. The average Bonchev–Trinajstić information content (AvgIpc) is 2.78. The second kappa shape index (κ2) is 4.00. The van der Waals surface area contributed by atoms with E-state index in [2.05, 4.69) is 10.2 Å². The van der Waals surface area contributed by atoms with E-state index in [0.717, 1.165) is 28.3 Å². The lowest BCUT2D eigenvalue weighted by atomic mass is 9.83. The summed E-state index contributed by atoms with van der Waals surface area (Å²) in [6, 6.07) is 7.71. The number of ketones is 1. The Bertz CT molecular complexity index is 559. The van der Waals surface area contributed by atoms with E-state index in [0.29, 0.717) is 6.42 Å². The fourth-order valence-electron chi connectivity index (χ4n) is 2.33. The van der Waals surface area contributed by atoms with E-state index < -0.39 is 0 Å². The first-order chi connectivity index (χ1) is 8.24. The molecule has 0 aliphatic heterocycles. The number of aromatic nitrogens is 2. The molecule has 0 fully saturated rings. The number of Topliss-reactive ketones (excluding diaryl/α,β-unsaturated/α-hetero) is 1. The standard InChI is InChI=1S/C13H11ClN2O/c14-10-3-1-8(2-4-10)9-5-12-11(7-15-16-12)13(17)6-9/h1-4,7,9H,5-6H2,(H,15,16)/t9-/m1/s1. The summed E-state index contributed by atoms with van der Waals surface area (Å²) in [5.74, 6) is 0.396. The molecular weight excluding hydrogens is 236 g/mol. The minimum absolute atomic E-state index is 0.167. The molecule has 0 radical (unpaired) electrons. The van der Waals surface area contributed by atoms with E-state index in [1.54, 1.807) is 6.20 Å². The van der Waals surface area contributed by atoms with Gasteiger partial charge in [-0.05, 0) is 30.0 Å². The van der Waals surface area contributed by atoms with Gasteiger partial charge in [-0.25, -0.2) is 0 Å². The number of H-pyrrole nitrogens is 1. The molecule has 1 aliphatic carbocycles. The highest BCUT2D eigenvalue weighted by atomic mass is 35.5. The van der Waals surface area contributed by atoms with Gasteiger partial charge in [0, 0.05) is 17.1 Å². The van der Waals surface area contributed by atoms with Crippen molar-refractivity contribution in [2.45, 2.75) is 18.8 Å². The Morgan fingerprint density at radius 3 is 2.76 bits per heavy atom. The number of carbonyl (C=O) groups excluding carboxylic acids is 1. The van der Waals surface area contributed by atoms with Crippen LogP contribution in [0.4, 0.5) is 0 Å². The van der Waals surface area contributed by atoms with Crippen molar-refractivity contribution >= 4 is 17.4 Å². The van der Waals surface area contributed by atoms with Crippen molar-refractivity contribution in [2.75, 3.05) is 0 Å². The predicted molar refractivity (Wildman–Crippen MR) is 65.4 cm³/mol. The van der Waals surface area contributed by atoms with Gasteiger partial charge in [-0.1, -0.05) is 23.7 Å². The monoisotopic (exact) mass is 246 g/mol. The lowest BCUT2D eigenvalue weighted by Gasteiger charge is -2.21. The SMILES string of the molecule is O=C1C[C@H](c2ccc(Cl)cc2)Cc2[nH]ncc21. The van der Waals surface area contributed by atoms with E-state index in [1.807, 2.05) is 24.3 Å². The lowest BCUT2D eigenvalue weighted by molar-refractivity contribution is 0.0964. The van der Waals surface area contributed by atoms with Crippen LogP contribution in [0.5, 0.6) is 0 Å². The second-order valence-electron chi connectivity index (χ2n) is 4.34. The first-order valence-electron chi connectivity index (χ1n) is 5.55. The highest BCUT2D eigenvalue weighted by molar-refractivity contribution is 6.30. The number of rotatable bonds is 1. The molecule has 0 bridgehead atoms. The average molecular weight is 247 g/mol. The fourth-order valence-corrected chi connectivity index (χ4v) is 2.46. The molecule has 86 valence electrons. The van der Waals surface area contributed by atoms with Crippen molar-refractivity contribution < 1.29 is 4.79 Å². The summed E-state index contributed by atoms with van der Waals surface area (Å²) in [7, 11) is 0. The van der Waals surface area contributed by atoms with Crippen LogP contribution in [0.25, 0.3) is 0 Å². The Labute approximate surface area is 104 Å². The Balaban J connectivity index is 1.93. The zero-order valence-corrected chi connectivity index (χ0v) is 9.87.